The fraction of sp³-hybridized carbons (Fsp3) is 0.545. The maximum atomic E-state index is 13.4. The SMILES string of the molecule is CC1(C)CCN(c2nc(F)c(F)cc2F)C1. The summed E-state index contributed by atoms with van der Waals surface area (Å²) in [5.41, 5.74) is 0.0545. The minimum absolute atomic E-state index is 0.0545. The highest BCUT2D eigenvalue weighted by Crippen LogP contribution is 2.32. The summed E-state index contributed by atoms with van der Waals surface area (Å²) >= 11 is 0. The van der Waals surface area contributed by atoms with E-state index >= 15 is 0 Å². The molecule has 2 rings (SSSR count). The van der Waals surface area contributed by atoms with Crippen molar-refractivity contribution in [2.24, 2.45) is 5.41 Å². The molecule has 1 aromatic heterocycles. The van der Waals surface area contributed by atoms with Crippen LogP contribution in [0.1, 0.15) is 20.3 Å². The van der Waals surface area contributed by atoms with Crippen LogP contribution in [0.15, 0.2) is 6.07 Å². The fourth-order valence-corrected chi connectivity index (χ4v) is 1.95. The molecule has 1 saturated heterocycles. The van der Waals surface area contributed by atoms with Crippen LogP contribution in [0.25, 0.3) is 0 Å². The van der Waals surface area contributed by atoms with Gasteiger partial charge in [-0.2, -0.15) is 9.37 Å². The third-order valence-corrected chi connectivity index (χ3v) is 2.85. The predicted octanol–water partition coefficient (Wildman–Crippen LogP) is 2.74. The molecule has 2 nitrogen and oxygen atoms in total. The summed E-state index contributed by atoms with van der Waals surface area (Å²) in [7, 11) is 0. The molecule has 1 aliphatic heterocycles. The Morgan fingerprint density at radius 2 is 1.94 bits per heavy atom. The van der Waals surface area contributed by atoms with E-state index in [4.69, 9.17) is 0 Å². The Hall–Kier alpha value is -1.26. The van der Waals surface area contributed by atoms with E-state index < -0.39 is 17.6 Å². The molecule has 5 heteroatoms. The lowest BCUT2D eigenvalue weighted by Crippen LogP contribution is -2.25. The van der Waals surface area contributed by atoms with Crippen molar-refractivity contribution in [2.45, 2.75) is 20.3 Å². The van der Waals surface area contributed by atoms with Gasteiger partial charge in [0.1, 0.15) is 0 Å². The third kappa shape index (κ3) is 1.99. The van der Waals surface area contributed by atoms with Crippen molar-refractivity contribution in [3.8, 4) is 0 Å². The number of nitrogens with zero attached hydrogens (tertiary/aromatic N) is 2. The summed E-state index contributed by atoms with van der Waals surface area (Å²) in [6.45, 7) is 5.31. The molecule has 0 amide bonds. The van der Waals surface area contributed by atoms with E-state index in [1.807, 2.05) is 13.8 Å². The van der Waals surface area contributed by atoms with Crippen LogP contribution in [-0.2, 0) is 0 Å². The van der Waals surface area contributed by atoms with Gasteiger partial charge in [0.15, 0.2) is 17.5 Å². The Morgan fingerprint density at radius 3 is 2.50 bits per heavy atom. The molecule has 0 aliphatic carbocycles. The van der Waals surface area contributed by atoms with Crippen LogP contribution in [0.3, 0.4) is 0 Å². The normalized spacial score (nSPS) is 19.2. The monoisotopic (exact) mass is 230 g/mol. The number of rotatable bonds is 1. The Balaban J connectivity index is 2.32. The van der Waals surface area contributed by atoms with E-state index in [1.54, 1.807) is 4.90 Å². The number of anilines is 1. The van der Waals surface area contributed by atoms with Crippen molar-refractivity contribution in [3.05, 3.63) is 23.6 Å². The summed E-state index contributed by atoms with van der Waals surface area (Å²) in [5, 5.41) is 0. The van der Waals surface area contributed by atoms with E-state index in [9.17, 15) is 13.2 Å². The summed E-state index contributed by atoms with van der Waals surface area (Å²) < 4.78 is 39.1. The number of hydrogen-bond donors (Lipinski definition) is 0. The first kappa shape index (κ1) is 11.2. The van der Waals surface area contributed by atoms with Gasteiger partial charge >= 0.3 is 0 Å². The highest BCUT2D eigenvalue weighted by atomic mass is 19.2. The Kier molecular flexibility index (Phi) is 2.56. The van der Waals surface area contributed by atoms with E-state index in [2.05, 4.69) is 4.98 Å². The fourth-order valence-electron chi connectivity index (χ4n) is 1.95. The molecule has 16 heavy (non-hydrogen) atoms. The van der Waals surface area contributed by atoms with Gasteiger partial charge in [-0.05, 0) is 11.8 Å². The Labute approximate surface area is 92.1 Å². The molecule has 1 fully saturated rings. The topological polar surface area (TPSA) is 16.1 Å². The molecule has 0 atom stereocenters. The van der Waals surface area contributed by atoms with Crippen LogP contribution in [0.4, 0.5) is 19.0 Å². The minimum atomic E-state index is -1.25. The van der Waals surface area contributed by atoms with Gasteiger partial charge in [-0.1, -0.05) is 13.8 Å². The van der Waals surface area contributed by atoms with Crippen LogP contribution in [0.2, 0.25) is 0 Å². The van der Waals surface area contributed by atoms with E-state index in [0.29, 0.717) is 19.2 Å². The quantitative estimate of drug-likeness (QED) is 0.689. The lowest BCUT2D eigenvalue weighted by atomic mass is 9.93. The van der Waals surface area contributed by atoms with Gasteiger partial charge in [0.05, 0.1) is 0 Å². The lowest BCUT2D eigenvalue weighted by Gasteiger charge is -2.20. The largest absolute Gasteiger partial charge is 0.354 e. The Bertz CT molecular complexity index is 418. The number of hydrogen-bond acceptors (Lipinski definition) is 2. The smallest absolute Gasteiger partial charge is 0.251 e. The van der Waals surface area contributed by atoms with Gasteiger partial charge in [-0.25, -0.2) is 8.78 Å². The highest BCUT2D eigenvalue weighted by Gasteiger charge is 2.31. The van der Waals surface area contributed by atoms with Crippen molar-refractivity contribution in [1.82, 2.24) is 4.98 Å². The van der Waals surface area contributed by atoms with Gasteiger partial charge < -0.3 is 4.90 Å². The molecule has 0 aromatic carbocycles. The average molecular weight is 230 g/mol. The number of pyridine rings is 1. The molecule has 0 N–H and O–H groups in total. The van der Waals surface area contributed by atoms with Gasteiger partial charge in [-0.15, -0.1) is 0 Å². The van der Waals surface area contributed by atoms with Gasteiger partial charge in [-0.3, -0.25) is 0 Å². The lowest BCUT2D eigenvalue weighted by molar-refractivity contribution is 0.416. The standard InChI is InChI=1S/C11H13F3N2/c1-11(2)3-4-16(6-11)10-8(13)5-7(12)9(14)15-10/h5H,3-4,6H2,1-2H3. The third-order valence-electron chi connectivity index (χ3n) is 2.85. The Morgan fingerprint density at radius 1 is 1.25 bits per heavy atom. The average Bonchev–Trinajstić information content (AvgIpc) is 2.52. The maximum absolute atomic E-state index is 13.4. The second-order valence-corrected chi connectivity index (χ2v) is 4.90. The molecule has 0 radical (unpaired) electrons. The summed E-state index contributed by atoms with van der Waals surface area (Å²) in [6.07, 6.45) is 0.882. The van der Waals surface area contributed by atoms with Gasteiger partial charge in [0.25, 0.3) is 5.95 Å². The minimum Gasteiger partial charge on any atom is -0.354 e. The molecule has 1 aromatic rings. The molecule has 2 heterocycles. The zero-order valence-electron chi connectivity index (χ0n) is 9.23. The first-order chi connectivity index (χ1) is 7.39. The zero-order chi connectivity index (χ0) is 11.9. The molecular formula is C11H13F3N2. The first-order valence-electron chi connectivity index (χ1n) is 5.15. The van der Waals surface area contributed by atoms with Crippen LogP contribution in [0.5, 0.6) is 0 Å². The maximum Gasteiger partial charge on any atom is 0.251 e. The van der Waals surface area contributed by atoms with Gasteiger partial charge in [0.2, 0.25) is 0 Å². The molecule has 0 bridgehead atoms. The molecule has 0 unspecified atom stereocenters. The summed E-state index contributed by atoms with van der Waals surface area (Å²) in [4.78, 5) is 4.98. The van der Waals surface area contributed by atoms with Crippen LogP contribution in [-0.4, -0.2) is 18.1 Å². The van der Waals surface area contributed by atoms with Crippen LogP contribution in [0, 0.1) is 23.0 Å². The van der Waals surface area contributed by atoms with E-state index in [-0.39, 0.29) is 11.2 Å². The predicted molar refractivity (Wildman–Crippen MR) is 54.7 cm³/mol. The summed E-state index contributed by atoms with van der Waals surface area (Å²) in [5.74, 6) is -3.40. The van der Waals surface area contributed by atoms with Crippen LogP contribution >= 0.6 is 0 Å². The van der Waals surface area contributed by atoms with Crippen molar-refractivity contribution < 1.29 is 13.2 Å². The van der Waals surface area contributed by atoms with Crippen molar-refractivity contribution >= 4 is 5.82 Å². The molecule has 88 valence electrons. The van der Waals surface area contributed by atoms with Crippen molar-refractivity contribution in [3.63, 3.8) is 0 Å². The van der Waals surface area contributed by atoms with Crippen LogP contribution < -0.4 is 4.90 Å². The van der Waals surface area contributed by atoms with E-state index in [0.717, 1.165) is 6.42 Å². The number of aromatic nitrogens is 1. The molecular weight excluding hydrogens is 217 g/mol. The second kappa shape index (κ2) is 3.64. The van der Waals surface area contributed by atoms with Gasteiger partial charge in [0, 0.05) is 19.2 Å². The first-order valence-corrected chi connectivity index (χ1v) is 5.15. The molecule has 0 spiro atoms. The molecule has 0 saturated carbocycles. The second-order valence-electron chi connectivity index (χ2n) is 4.90. The molecule has 1 aliphatic rings. The number of halogens is 3. The highest BCUT2D eigenvalue weighted by molar-refractivity contribution is 5.41. The summed E-state index contributed by atoms with van der Waals surface area (Å²) in [6, 6.07) is 0.545. The zero-order valence-corrected chi connectivity index (χ0v) is 9.23. The van der Waals surface area contributed by atoms with Crippen molar-refractivity contribution in [2.75, 3.05) is 18.0 Å². The van der Waals surface area contributed by atoms with Crippen molar-refractivity contribution in [1.29, 1.82) is 0 Å². The van der Waals surface area contributed by atoms with E-state index in [1.165, 1.54) is 0 Å².